The van der Waals surface area contributed by atoms with E-state index in [0.717, 1.165) is 6.07 Å². The van der Waals surface area contributed by atoms with Crippen molar-refractivity contribution in [1.29, 1.82) is 0 Å². The molecule has 126 valence electrons. The highest BCUT2D eigenvalue weighted by atomic mass is 19.1. The summed E-state index contributed by atoms with van der Waals surface area (Å²) in [6.45, 7) is -0.562. The van der Waals surface area contributed by atoms with E-state index in [1.54, 1.807) is 18.2 Å². The molecular formula is C17H16FNO5. The SMILES string of the molecule is COc1ccc(OC)c(NC(=O)COC(=O)c2ccccc2F)c1. The molecule has 2 aromatic carbocycles. The fourth-order valence-electron chi connectivity index (χ4n) is 1.93. The van der Waals surface area contributed by atoms with Crippen LogP contribution in [0.15, 0.2) is 42.5 Å². The number of benzene rings is 2. The number of methoxy groups -OCH3 is 2. The van der Waals surface area contributed by atoms with Gasteiger partial charge in [0.25, 0.3) is 5.91 Å². The van der Waals surface area contributed by atoms with E-state index in [-0.39, 0.29) is 5.56 Å². The maximum atomic E-state index is 13.5. The van der Waals surface area contributed by atoms with Gasteiger partial charge in [-0.25, -0.2) is 9.18 Å². The predicted molar refractivity (Wildman–Crippen MR) is 84.9 cm³/mol. The lowest BCUT2D eigenvalue weighted by atomic mass is 10.2. The highest BCUT2D eigenvalue weighted by Gasteiger charge is 2.15. The Morgan fingerprint density at radius 1 is 1.08 bits per heavy atom. The van der Waals surface area contributed by atoms with Crippen LogP contribution in [0.25, 0.3) is 0 Å². The number of nitrogens with one attached hydrogen (secondary N) is 1. The van der Waals surface area contributed by atoms with E-state index in [2.05, 4.69) is 5.32 Å². The molecular weight excluding hydrogens is 317 g/mol. The van der Waals surface area contributed by atoms with Crippen molar-refractivity contribution < 1.29 is 28.2 Å². The molecule has 0 aliphatic carbocycles. The number of carbonyl (C=O) groups is 2. The average Bonchev–Trinajstić information content (AvgIpc) is 2.60. The van der Waals surface area contributed by atoms with Crippen LogP contribution in [0.2, 0.25) is 0 Å². The molecule has 0 aliphatic rings. The monoisotopic (exact) mass is 333 g/mol. The van der Waals surface area contributed by atoms with Gasteiger partial charge in [-0.15, -0.1) is 0 Å². The fraction of sp³-hybridized carbons (Fsp3) is 0.176. The molecule has 0 saturated carbocycles. The number of amides is 1. The molecule has 0 aromatic heterocycles. The van der Waals surface area contributed by atoms with Crippen molar-refractivity contribution in [2.24, 2.45) is 0 Å². The first kappa shape index (κ1) is 17.3. The molecule has 2 aromatic rings. The van der Waals surface area contributed by atoms with Crippen molar-refractivity contribution in [1.82, 2.24) is 0 Å². The van der Waals surface area contributed by atoms with E-state index in [9.17, 15) is 14.0 Å². The van der Waals surface area contributed by atoms with E-state index in [1.807, 2.05) is 0 Å². The van der Waals surface area contributed by atoms with Gasteiger partial charge in [0.15, 0.2) is 6.61 Å². The Morgan fingerprint density at radius 2 is 1.83 bits per heavy atom. The first-order valence-electron chi connectivity index (χ1n) is 6.98. The highest BCUT2D eigenvalue weighted by Crippen LogP contribution is 2.28. The standard InChI is InChI=1S/C17H16FNO5/c1-22-11-7-8-15(23-2)14(9-11)19-16(20)10-24-17(21)12-5-3-4-6-13(12)18/h3-9H,10H2,1-2H3,(H,19,20). The topological polar surface area (TPSA) is 73.9 Å². The Balaban J connectivity index is 1.99. The van der Waals surface area contributed by atoms with E-state index < -0.39 is 24.3 Å². The van der Waals surface area contributed by atoms with E-state index >= 15 is 0 Å². The van der Waals surface area contributed by atoms with Gasteiger partial charge in [-0.1, -0.05) is 12.1 Å². The molecule has 2 rings (SSSR count). The lowest BCUT2D eigenvalue weighted by Crippen LogP contribution is -2.21. The third-order valence-corrected chi connectivity index (χ3v) is 3.11. The van der Waals surface area contributed by atoms with Crippen LogP contribution in [0, 0.1) is 5.82 Å². The van der Waals surface area contributed by atoms with Gasteiger partial charge in [-0.3, -0.25) is 4.79 Å². The van der Waals surface area contributed by atoms with E-state index in [1.165, 1.54) is 32.4 Å². The summed E-state index contributed by atoms with van der Waals surface area (Å²) >= 11 is 0. The number of ether oxygens (including phenoxy) is 3. The van der Waals surface area contributed by atoms with Crippen LogP contribution in [-0.2, 0) is 9.53 Å². The summed E-state index contributed by atoms with van der Waals surface area (Å²) < 4.78 is 28.5. The van der Waals surface area contributed by atoms with Crippen molar-refractivity contribution in [3.8, 4) is 11.5 Å². The van der Waals surface area contributed by atoms with Gasteiger partial charge in [0.2, 0.25) is 0 Å². The minimum absolute atomic E-state index is 0.232. The maximum Gasteiger partial charge on any atom is 0.341 e. The number of anilines is 1. The Morgan fingerprint density at radius 3 is 2.50 bits per heavy atom. The predicted octanol–water partition coefficient (Wildman–Crippen LogP) is 2.64. The second-order valence-corrected chi connectivity index (χ2v) is 4.67. The zero-order valence-electron chi connectivity index (χ0n) is 13.2. The number of esters is 1. The van der Waals surface area contributed by atoms with Crippen molar-refractivity contribution in [2.75, 3.05) is 26.1 Å². The molecule has 7 heteroatoms. The van der Waals surface area contributed by atoms with Crippen LogP contribution in [0.1, 0.15) is 10.4 Å². The molecule has 1 amide bonds. The number of hydrogen-bond acceptors (Lipinski definition) is 5. The summed E-state index contributed by atoms with van der Waals surface area (Å²) in [5.74, 6) is -1.27. The highest BCUT2D eigenvalue weighted by molar-refractivity contribution is 5.96. The van der Waals surface area contributed by atoms with Gasteiger partial charge < -0.3 is 19.5 Å². The van der Waals surface area contributed by atoms with Crippen molar-refractivity contribution in [3.63, 3.8) is 0 Å². The number of halogens is 1. The Kier molecular flexibility index (Phi) is 5.73. The van der Waals surface area contributed by atoms with Crippen molar-refractivity contribution in [2.45, 2.75) is 0 Å². The van der Waals surface area contributed by atoms with Gasteiger partial charge in [0, 0.05) is 6.07 Å². The average molecular weight is 333 g/mol. The van der Waals surface area contributed by atoms with Crippen molar-refractivity contribution >= 4 is 17.6 Å². The van der Waals surface area contributed by atoms with E-state index in [4.69, 9.17) is 14.2 Å². The largest absolute Gasteiger partial charge is 0.497 e. The Bertz CT molecular complexity index is 748. The first-order valence-corrected chi connectivity index (χ1v) is 6.98. The maximum absolute atomic E-state index is 13.5. The number of rotatable bonds is 6. The summed E-state index contributed by atoms with van der Waals surface area (Å²) in [6.07, 6.45) is 0. The zero-order chi connectivity index (χ0) is 17.5. The summed E-state index contributed by atoms with van der Waals surface area (Å²) in [7, 11) is 2.94. The fourth-order valence-corrected chi connectivity index (χ4v) is 1.93. The quantitative estimate of drug-likeness (QED) is 0.823. The Hall–Kier alpha value is -3.09. The molecule has 6 nitrogen and oxygen atoms in total. The van der Waals surface area contributed by atoms with Gasteiger partial charge in [0.1, 0.15) is 17.3 Å². The molecule has 0 atom stereocenters. The van der Waals surface area contributed by atoms with Crippen LogP contribution in [-0.4, -0.2) is 32.7 Å². The van der Waals surface area contributed by atoms with Gasteiger partial charge in [0.05, 0.1) is 25.5 Å². The summed E-state index contributed by atoms with van der Waals surface area (Å²) in [5.41, 5.74) is 0.132. The van der Waals surface area contributed by atoms with E-state index in [0.29, 0.717) is 17.2 Å². The molecule has 0 aliphatic heterocycles. The molecule has 0 radical (unpaired) electrons. The third kappa shape index (κ3) is 4.22. The van der Waals surface area contributed by atoms with Crippen LogP contribution < -0.4 is 14.8 Å². The Labute approximate surface area is 138 Å². The minimum atomic E-state index is -0.916. The van der Waals surface area contributed by atoms with Crippen LogP contribution in [0.3, 0.4) is 0 Å². The third-order valence-electron chi connectivity index (χ3n) is 3.11. The lowest BCUT2D eigenvalue weighted by Gasteiger charge is -2.12. The van der Waals surface area contributed by atoms with Gasteiger partial charge in [-0.2, -0.15) is 0 Å². The van der Waals surface area contributed by atoms with Crippen LogP contribution >= 0.6 is 0 Å². The van der Waals surface area contributed by atoms with Crippen LogP contribution in [0.5, 0.6) is 11.5 Å². The summed E-state index contributed by atoms with van der Waals surface area (Å²) in [5, 5.41) is 2.54. The summed E-state index contributed by atoms with van der Waals surface area (Å²) in [6, 6.07) is 10.2. The number of carbonyl (C=O) groups excluding carboxylic acids is 2. The minimum Gasteiger partial charge on any atom is -0.497 e. The zero-order valence-corrected chi connectivity index (χ0v) is 13.2. The molecule has 0 fully saturated rings. The molecule has 0 heterocycles. The normalized spacial score (nSPS) is 9.96. The molecule has 0 spiro atoms. The molecule has 24 heavy (non-hydrogen) atoms. The second kappa shape index (κ2) is 7.96. The lowest BCUT2D eigenvalue weighted by molar-refractivity contribution is -0.119. The molecule has 0 saturated heterocycles. The van der Waals surface area contributed by atoms with Crippen molar-refractivity contribution in [3.05, 3.63) is 53.8 Å². The summed E-state index contributed by atoms with van der Waals surface area (Å²) in [4.78, 5) is 23.7. The van der Waals surface area contributed by atoms with Gasteiger partial charge in [-0.05, 0) is 24.3 Å². The number of hydrogen-bond donors (Lipinski definition) is 1. The smallest absolute Gasteiger partial charge is 0.341 e. The molecule has 0 bridgehead atoms. The molecule has 1 N–H and O–H groups in total. The second-order valence-electron chi connectivity index (χ2n) is 4.67. The van der Waals surface area contributed by atoms with Gasteiger partial charge >= 0.3 is 5.97 Å². The van der Waals surface area contributed by atoms with Crippen LogP contribution in [0.4, 0.5) is 10.1 Å². The first-order chi connectivity index (χ1) is 11.5. The molecule has 0 unspecified atom stereocenters.